The van der Waals surface area contributed by atoms with Crippen molar-refractivity contribution >= 4 is 23.0 Å². The Morgan fingerprint density at radius 1 is 1.20 bits per heavy atom. The Labute approximate surface area is 171 Å². The highest BCUT2D eigenvalue weighted by Gasteiger charge is 2.41. The van der Waals surface area contributed by atoms with Gasteiger partial charge >= 0.3 is 6.18 Å². The summed E-state index contributed by atoms with van der Waals surface area (Å²) in [6.45, 7) is 0. The first kappa shape index (κ1) is 20.1. The van der Waals surface area contributed by atoms with Crippen molar-refractivity contribution in [3.63, 3.8) is 0 Å². The number of nitrogen functional groups attached to an aromatic ring is 1. The van der Waals surface area contributed by atoms with Crippen LogP contribution in [0.1, 0.15) is 18.5 Å². The van der Waals surface area contributed by atoms with Crippen LogP contribution in [0.3, 0.4) is 0 Å². The number of aromatic nitrogens is 3. The van der Waals surface area contributed by atoms with Crippen molar-refractivity contribution in [1.82, 2.24) is 14.9 Å². The van der Waals surface area contributed by atoms with Gasteiger partial charge in [-0.2, -0.15) is 18.3 Å². The topological polar surface area (TPSA) is 69.9 Å². The molecule has 30 heavy (non-hydrogen) atoms. The molecule has 1 aromatic carbocycles. The minimum Gasteiger partial charge on any atom is -0.394 e. The molecule has 5 nitrogen and oxygen atoms in total. The molecule has 2 N–H and O–H groups in total. The van der Waals surface area contributed by atoms with Crippen LogP contribution in [0.5, 0.6) is 0 Å². The third kappa shape index (κ3) is 3.36. The highest BCUT2D eigenvalue weighted by Crippen LogP contribution is 2.44. The highest BCUT2D eigenvalue weighted by molar-refractivity contribution is 6.33. The standard InChI is InChI=1S/C19H12ClF5N4O/c20-12-5-2-6-13(22)14(12)16-15(26)17(30-28-16)11-8-27-29(18(11)19(23,24)25)10-4-1-3-9(21)7-10/h2,4-8H,1,3,26H2. The smallest absolute Gasteiger partial charge is 0.394 e. The summed E-state index contributed by atoms with van der Waals surface area (Å²) in [5.74, 6) is -1.79. The number of benzene rings is 1. The molecule has 1 aliphatic carbocycles. The van der Waals surface area contributed by atoms with Crippen molar-refractivity contribution in [2.45, 2.75) is 19.0 Å². The molecule has 0 saturated heterocycles. The summed E-state index contributed by atoms with van der Waals surface area (Å²) in [6.07, 6.45) is -1.27. The zero-order chi connectivity index (χ0) is 21.6. The zero-order valence-corrected chi connectivity index (χ0v) is 15.7. The lowest BCUT2D eigenvalue weighted by Gasteiger charge is -2.15. The largest absolute Gasteiger partial charge is 0.434 e. The number of nitrogens with two attached hydrogens (primary N) is 1. The van der Waals surface area contributed by atoms with Gasteiger partial charge in [0.05, 0.1) is 28.0 Å². The molecule has 0 saturated carbocycles. The Kier molecular flexibility index (Phi) is 4.89. The molecule has 0 amide bonds. The van der Waals surface area contributed by atoms with Gasteiger partial charge in [0, 0.05) is 6.42 Å². The molecular formula is C19H12ClF5N4O. The molecule has 0 aliphatic heterocycles. The monoisotopic (exact) mass is 442 g/mol. The highest BCUT2D eigenvalue weighted by atomic mass is 35.5. The lowest BCUT2D eigenvalue weighted by atomic mass is 10.1. The fraction of sp³-hybridized carbons (Fsp3) is 0.158. The molecular weight excluding hydrogens is 431 g/mol. The molecule has 156 valence electrons. The third-order valence-electron chi connectivity index (χ3n) is 4.50. The molecule has 0 spiro atoms. The number of nitrogens with zero attached hydrogens (tertiary/aromatic N) is 3. The molecule has 2 heterocycles. The van der Waals surface area contributed by atoms with Crippen molar-refractivity contribution in [2.24, 2.45) is 0 Å². The second kappa shape index (κ2) is 7.28. The first-order valence-electron chi connectivity index (χ1n) is 8.60. The van der Waals surface area contributed by atoms with Crippen molar-refractivity contribution in [3.05, 3.63) is 58.9 Å². The lowest BCUT2D eigenvalue weighted by Crippen LogP contribution is -2.15. The molecule has 4 rings (SSSR count). The van der Waals surface area contributed by atoms with E-state index in [0.29, 0.717) is 4.68 Å². The predicted molar refractivity (Wildman–Crippen MR) is 100 cm³/mol. The van der Waals surface area contributed by atoms with E-state index in [1.807, 2.05) is 0 Å². The number of hydrogen-bond acceptors (Lipinski definition) is 4. The molecule has 0 radical (unpaired) electrons. The third-order valence-corrected chi connectivity index (χ3v) is 4.81. The maximum absolute atomic E-state index is 14.2. The van der Waals surface area contributed by atoms with Crippen molar-refractivity contribution in [3.8, 4) is 22.6 Å². The van der Waals surface area contributed by atoms with Crippen LogP contribution in [0.25, 0.3) is 28.3 Å². The molecule has 2 aromatic heterocycles. The van der Waals surface area contributed by atoms with Gasteiger partial charge < -0.3 is 10.3 Å². The fourth-order valence-electron chi connectivity index (χ4n) is 3.18. The molecule has 0 fully saturated rings. The molecule has 1 aliphatic rings. The van der Waals surface area contributed by atoms with Gasteiger partial charge in [0.15, 0.2) is 11.5 Å². The van der Waals surface area contributed by atoms with Gasteiger partial charge in [-0.3, -0.25) is 0 Å². The molecule has 0 atom stereocenters. The maximum Gasteiger partial charge on any atom is 0.434 e. The van der Waals surface area contributed by atoms with Gasteiger partial charge in [0.25, 0.3) is 0 Å². The number of rotatable bonds is 3. The van der Waals surface area contributed by atoms with Gasteiger partial charge in [-0.15, -0.1) is 0 Å². The second-order valence-corrected chi connectivity index (χ2v) is 6.85. The normalized spacial score (nSPS) is 14.6. The zero-order valence-electron chi connectivity index (χ0n) is 15.0. The quantitative estimate of drug-likeness (QED) is 0.498. The van der Waals surface area contributed by atoms with Crippen molar-refractivity contribution in [2.75, 3.05) is 5.73 Å². The van der Waals surface area contributed by atoms with Crippen LogP contribution in [-0.2, 0) is 6.18 Å². The van der Waals surface area contributed by atoms with Crippen LogP contribution < -0.4 is 5.73 Å². The summed E-state index contributed by atoms with van der Waals surface area (Å²) in [6, 6.07) is 3.84. The fourth-order valence-corrected chi connectivity index (χ4v) is 3.43. The van der Waals surface area contributed by atoms with E-state index in [0.717, 1.165) is 18.3 Å². The number of halogens is 6. The van der Waals surface area contributed by atoms with Crippen LogP contribution in [0.4, 0.5) is 27.6 Å². The van der Waals surface area contributed by atoms with Crippen LogP contribution in [-0.4, -0.2) is 14.9 Å². The Morgan fingerprint density at radius 2 is 1.97 bits per heavy atom. The van der Waals surface area contributed by atoms with Gasteiger partial charge in [0.2, 0.25) is 0 Å². The minimum absolute atomic E-state index is 0.0405. The molecule has 11 heteroatoms. The SMILES string of the molecule is Nc1c(-c2c(F)cccc2Cl)noc1-c1cnn(C2=CCCC(F)=C2)c1C(F)(F)F. The average molecular weight is 443 g/mol. The Hall–Kier alpha value is -3.14. The number of alkyl halides is 3. The van der Waals surface area contributed by atoms with Crippen LogP contribution in [0.2, 0.25) is 5.02 Å². The van der Waals surface area contributed by atoms with Crippen molar-refractivity contribution in [1.29, 1.82) is 0 Å². The summed E-state index contributed by atoms with van der Waals surface area (Å²) >= 11 is 5.99. The predicted octanol–water partition coefficient (Wildman–Crippen LogP) is 6.09. The first-order valence-corrected chi connectivity index (χ1v) is 8.98. The van der Waals surface area contributed by atoms with E-state index < -0.39 is 34.8 Å². The Balaban J connectivity index is 1.89. The molecule has 0 bridgehead atoms. The summed E-state index contributed by atoms with van der Waals surface area (Å²) in [5.41, 5.74) is 3.35. The first-order chi connectivity index (χ1) is 14.2. The Bertz CT molecular complexity index is 1170. The van der Waals surface area contributed by atoms with E-state index in [-0.39, 0.29) is 40.5 Å². The van der Waals surface area contributed by atoms with E-state index in [1.54, 1.807) is 0 Å². The van der Waals surface area contributed by atoms with Gasteiger partial charge in [-0.05, 0) is 24.6 Å². The summed E-state index contributed by atoms with van der Waals surface area (Å²) < 4.78 is 75.1. The second-order valence-electron chi connectivity index (χ2n) is 6.45. The number of anilines is 1. The van der Waals surface area contributed by atoms with Gasteiger partial charge in [-0.25, -0.2) is 13.5 Å². The summed E-state index contributed by atoms with van der Waals surface area (Å²) in [5, 5.41) is 7.33. The maximum atomic E-state index is 14.2. The number of hydrogen-bond donors (Lipinski definition) is 1. The van der Waals surface area contributed by atoms with E-state index in [1.165, 1.54) is 18.2 Å². The van der Waals surface area contributed by atoms with E-state index >= 15 is 0 Å². The van der Waals surface area contributed by atoms with Gasteiger partial charge in [-0.1, -0.05) is 28.9 Å². The lowest BCUT2D eigenvalue weighted by molar-refractivity contribution is -0.142. The summed E-state index contributed by atoms with van der Waals surface area (Å²) in [7, 11) is 0. The van der Waals surface area contributed by atoms with Crippen LogP contribution in [0, 0.1) is 5.82 Å². The van der Waals surface area contributed by atoms with Gasteiger partial charge in [0.1, 0.15) is 23.0 Å². The van der Waals surface area contributed by atoms with E-state index in [2.05, 4.69) is 10.3 Å². The minimum atomic E-state index is -4.89. The Morgan fingerprint density at radius 3 is 2.63 bits per heavy atom. The summed E-state index contributed by atoms with van der Waals surface area (Å²) in [4.78, 5) is 0. The van der Waals surface area contributed by atoms with Crippen molar-refractivity contribution < 1.29 is 26.5 Å². The van der Waals surface area contributed by atoms with E-state index in [9.17, 15) is 22.0 Å². The average Bonchev–Trinajstić information content (AvgIpc) is 3.26. The van der Waals surface area contributed by atoms with Crippen LogP contribution in [0.15, 0.2) is 46.9 Å². The molecule has 3 aromatic rings. The van der Waals surface area contributed by atoms with E-state index in [4.69, 9.17) is 21.9 Å². The molecule has 0 unspecified atom stereocenters. The number of allylic oxidation sites excluding steroid dienone is 4. The van der Waals surface area contributed by atoms with Crippen LogP contribution >= 0.6 is 11.6 Å².